The van der Waals surface area contributed by atoms with E-state index in [2.05, 4.69) is 25.7 Å². The van der Waals surface area contributed by atoms with E-state index in [1.807, 2.05) is 75.4 Å². The highest BCUT2D eigenvalue weighted by molar-refractivity contribution is 5.88. The molecule has 0 aliphatic carbocycles. The summed E-state index contributed by atoms with van der Waals surface area (Å²) in [7, 11) is 0. The van der Waals surface area contributed by atoms with Crippen molar-refractivity contribution in [3.63, 3.8) is 0 Å². The monoisotopic (exact) mass is 521 g/mol. The summed E-state index contributed by atoms with van der Waals surface area (Å²) in [5.74, 6) is 0.724. The summed E-state index contributed by atoms with van der Waals surface area (Å²) in [5, 5.41) is 0. The van der Waals surface area contributed by atoms with Gasteiger partial charge in [0.1, 0.15) is 18.0 Å². The fourth-order valence-corrected chi connectivity index (χ4v) is 5.12. The molecule has 3 rings (SSSR count). The number of Topliss-reactive ketones (excluding diaryl/α,β-unsaturated/α-hetero) is 1. The molecular formula is C33H47NO4. The largest absolute Gasteiger partial charge is 0.489 e. The van der Waals surface area contributed by atoms with Crippen LogP contribution in [0.15, 0.2) is 54.6 Å². The van der Waals surface area contributed by atoms with Gasteiger partial charge in [-0.2, -0.15) is 0 Å². The summed E-state index contributed by atoms with van der Waals surface area (Å²) in [6.07, 6.45) is 4.79. The second-order valence-electron chi connectivity index (χ2n) is 12.2. The second kappa shape index (κ2) is 13.9. The van der Waals surface area contributed by atoms with Crippen LogP contribution in [0.3, 0.4) is 0 Å². The number of likely N-dealkylation sites (tertiary alicyclic amines) is 1. The van der Waals surface area contributed by atoms with Crippen molar-refractivity contribution in [2.24, 2.45) is 11.8 Å². The van der Waals surface area contributed by atoms with Crippen LogP contribution >= 0.6 is 0 Å². The van der Waals surface area contributed by atoms with Crippen molar-refractivity contribution in [2.45, 2.75) is 104 Å². The van der Waals surface area contributed by atoms with Crippen LogP contribution in [-0.4, -0.2) is 40.9 Å². The van der Waals surface area contributed by atoms with E-state index in [4.69, 9.17) is 9.47 Å². The van der Waals surface area contributed by atoms with Gasteiger partial charge >= 0.3 is 5.97 Å². The molecule has 1 heterocycles. The van der Waals surface area contributed by atoms with Crippen molar-refractivity contribution in [1.29, 1.82) is 0 Å². The van der Waals surface area contributed by atoms with E-state index in [9.17, 15) is 9.59 Å². The van der Waals surface area contributed by atoms with Crippen LogP contribution in [0.2, 0.25) is 0 Å². The fraction of sp³-hybridized carbons (Fsp3) is 0.576. The molecule has 5 heteroatoms. The van der Waals surface area contributed by atoms with Gasteiger partial charge in [-0.1, -0.05) is 56.3 Å². The molecule has 38 heavy (non-hydrogen) atoms. The zero-order chi connectivity index (χ0) is 27.7. The molecule has 5 nitrogen and oxygen atoms in total. The minimum absolute atomic E-state index is 0.115. The molecule has 0 saturated carbocycles. The minimum Gasteiger partial charge on any atom is -0.489 e. The molecule has 2 aromatic carbocycles. The Hall–Kier alpha value is -2.66. The van der Waals surface area contributed by atoms with Crippen molar-refractivity contribution in [3.05, 3.63) is 65.7 Å². The van der Waals surface area contributed by atoms with Gasteiger partial charge in [-0.3, -0.25) is 14.5 Å². The maximum absolute atomic E-state index is 13.7. The molecule has 2 unspecified atom stereocenters. The number of ether oxygens (including phenoxy) is 2. The highest BCUT2D eigenvalue weighted by Gasteiger charge is 2.36. The number of piperidine rings is 1. The molecule has 0 N–H and O–H groups in total. The molecule has 1 aliphatic heterocycles. The summed E-state index contributed by atoms with van der Waals surface area (Å²) >= 11 is 0. The Bertz CT molecular complexity index is 1010. The Balaban J connectivity index is 1.69. The number of ketones is 1. The molecule has 3 atom stereocenters. The van der Waals surface area contributed by atoms with Gasteiger partial charge in [-0.15, -0.1) is 0 Å². The standard InChI is InChI=1S/C33H47NO4/c1-24(2)19-20-34-25(3)11-10-14-30(34)31(35)22-28(32(36)38-33(4,5)6)21-26-15-17-29(18-16-26)37-23-27-12-8-7-9-13-27/h7-9,12-13,15-18,24-25,28,30H,10-11,14,19-23H2,1-6H3/t25?,28-,30?/m1/s1. The van der Waals surface area contributed by atoms with Gasteiger partial charge in [-0.25, -0.2) is 0 Å². The second-order valence-corrected chi connectivity index (χ2v) is 12.2. The Morgan fingerprint density at radius 3 is 2.29 bits per heavy atom. The Kier molecular flexibility index (Phi) is 11.0. The molecular weight excluding hydrogens is 474 g/mol. The third-order valence-corrected chi connectivity index (χ3v) is 7.24. The summed E-state index contributed by atoms with van der Waals surface area (Å²) in [4.78, 5) is 29.3. The molecule has 208 valence electrons. The summed E-state index contributed by atoms with van der Waals surface area (Å²) < 4.78 is 11.7. The first-order chi connectivity index (χ1) is 18.0. The van der Waals surface area contributed by atoms with Crippen LogP contribution < -0.4 is 4.74 Å². The molecule has 0 bridgehead atoms. The zero-order valence-electron chi connectivity index (χ0n) is 24.2. The predicted octanol–water partition coefficient (Wildman–Crippen LogP) is 7.01. The van der Waals surface area contributed by atoms with E-state index in [0.29, 0.717) is 25.0 Å². The lowest BCUT2D eigenvalue weighted by Crippen LogP contribution is -2.50. The lowest BCUT2D eigenvalue weighted by Gasteiger charge is -2.40. The van der Waals surface area contributed by atoms with Crippen LogP contribution in [-0.2, 0) is 27.4 Å². The van der Waals surface area contributed by atoms with Crippen molar-refractivity contribution in [3.8, 4) is 5.75 Å². The fourth-order valence-electron chi connectivity index (χ4n) is 5.12. The smallest absolute Gasteiger partial charge is 0.310 e. The van der Waals surface area contributed by atoms with E-state index < -0.39 is 11.5 Å². The highest BCUT2D eigenvalue weighted by Crippen LogP contribution is 2.28. The third kappa shape index (κ3) is 9.58. The van der Waals surface area contributed by atoms with Gasteiger partial charge in [0, 0.05) is 12.5 Å². The number of hydrogen-bond acceptors (Lipinski definition) is 5. The van der Waals surface area contributed by atoms with Crippen LogP contribution in [0.5, 0.6) is 5.75 Å². The average molecular weight is 522 g/mol. The number of carbonyl (C=O) groups is 2. The lowest BCUT2D eigenvalue weighted by atomic mass is 9.87. The van der Waals surface area contributed by atoms with E-state index in [1.54, 1.807) is 0 Å². The number of benzene rings is 2. The topological polar surface area (TPSA) is 55.8 Å². The molecule has 1 saturated heterocycles. The Morgan fingerprint density at radius 1 is 0.974 bits per heavy atom. The first kappa shape index (κ1) is 29.9. The minimum atomic E-state index is -0.601. The SMILES string of the molecule is CC(C)CCN1C(C)CCCC1C(=O)C[C@@H](Cc1ccc(OCc2ccccc2)cc1)C(=O)OC(C)(C)C. The van der Waals surface area contributed by atoms with Gasteiger partial charge in [0.05, 0.1) is 12.0 Å². The Morgan fingerprint density at radius 2 is 1.66 bits per heavy atom. The molecule has 1 fully saturated rings. The zero-order valence-corrected chi connectivity index (χ0v) is 24.2. The van der Waals surface area contributed by atoms with E-state index >= 15 is 0 Å². The third-order valence-electron chi connectivity index (χ3n) is 7.24. The molecule has 0 amide bonds. The predicted molar refractivity (Wildman–Crippen MR) is 153 cm³/mol. The maximum atomic E-state index is 13.7. The number of hydrogen-bond donors (Lipinski definition) is 0. The molecule has 1 aliphatic rings. The van der Waals surface area contributed by atoms with Gasteiger partial charge in [0.15, 0.2) is 5.78 Å². The summed E-state index contributed by atoms with van der Waals surface area (Å²) in [6.45, 7) is 13.7. The van der Waals surface area contributed by atoms with E-state index in [0.717, 1.165) is 49.1 Å². The molecule has 2 aromatic rings. The average Bonchev–Trinajstić information content (AvgIpc) is 2.86. The van der Waals surface area contributed by atoms with Crippen molar-refractivity contribution >= 4 is 11.8 Å². The summed E-state index contributed by atoms with van der Waals surface area (Å²) in [5.41, 5.74) is 1.50. The van der Waals surface area contributed by atoms with Crippen LogP contribution in [0.25, 0.3) is 0 Å². The van der Waals surface area contributed by atoms with Crippen molar-refractivity contribution in [1.82, 2.24) is 4.90 Å². The normalized spacial score (nSPS) is 19.2. The first-order valence-corrected chi connectivity index (χ1v) is 14.3. The molecule has 0 radical (unpaired) electrons. The van der Waals surface area contributed by atoms with Crippen molar-refractivity contribution in [2.75, 3.05) is 6.54 Å². The number of rotatable bonds is 12. The summed E-state index contributed by atoms with van der Waals surface area (Å²) in [6, 6.07) is 18.2. The van der Waals surface area contributed by atoms with Gasteiger partial charge in [-0.05, 0) is 95.5 Å². The molecule has 0 aromatic heterocycles. The van der Waals surface area contributed by atoms with Crippen LogP contribution in [0.4, 0.5) is 0 Å². The van der Waals surface area contributed by atoms with Gasteiger partial charge in [0.25, 0.3) is 0 Å². The van der Waals surface area contributed by atoms with Gasteiger partial charge in [0.2, 0.25) is 0 Å². The first-order valence-electron chi connectivity index (χ1n) is 14.3. The quantitative estimate of drug-likeness (QED) is 0.281. The lowest BCUT2D eigenvalue weighted by molar-refractivity contribution is -0.161. The van der Waals surface area contributed by atoms with Gasteiger partial charge < -0.3 is 9.47 Å². The maximum Gasteiger partial charge on any atom is 0.310 e. The van der Waals surface area contributed by atoms with Crippen molar-refractivity contribution < 1.29 is 19.1 Å². The number of esters is 1. The number of nitrogens with zero attached hydrogens (tertiary/aromatic N) is 1. The van der Waals surface area contributed by atoms with E-state index in [-0.39, 0.29) is 24.2 Å². The highest BCUT2D eigenvalue weighted by atomic mass is 16.6. The van der Waals surface area contributed by atoms with E-state index in [1.165, 1.54) is 0 Å². The van der Waals surface area contributed by atoms with Crippen LogP contribution in [0.1, 0.15) is 84.8 Å². The van der Waals surface area contributed by atoms with Crippen LogP contribution in [0, 0.1) is 11.8 Å². The Labute approximate surface area is 229 Å². The number of carbonyl (C=O) groups excluding carboxylic acids is 2. The molecule has 0 spiro atoms.